The third-order valence-electron chi connectivity index (χ3n) is 5.22. The fourth-order valence-electron chi connectivity index (χ4n) is 3.80. The Hall–Kier alpha value is -2.95. The van der Waals surface area contributed by atoms with Crippen molar-refractivity contribution in [2.45, 2.75) is 26.2 Å². The third kappa shape index (κ3) is 2.93. The van der Waals surface area contributed by atoms with Crippen LogP contribution in [0.5, 0.6) is 11.5 Å². The van der Waals surface area contributed by atoms with Crippen LogP contribution in [0.1, 0.15) is 24.0 Å². The highest BCUT2D eigenvalue weighted by molar-refractivity contribution is 5.71. The number of benzene rings is 2. The Balaban J connectivity index is 1.65. The van der Waals surface area contributed by atoms with Crippen LogP contribution in [0, 0.1) is 6.92 Å². The summed E-state index contributed by atoms with van der Waals surface area (Å²) in [5, 5.41) is 8.61. The van der Waals surface area contributed by atoms with Gasteiger partial charge in [0, 0.05) is 23.7 Å². The molecule has 0 unspecified atom stereocenters. The van der Waals surface area contributed by atoms with Crippen LogP contribution in [0.3, 0.4) is 0 Å². The quantitative estimate of drug-likeness (QED) is 0.736. The number of fused-ring (bicyclic) bond motifs is 2. The molecule has 0 bridgehead atoms. The van der Waals surface area contributed by atoms with E-state index < -0.39 is 0 Å². The molecule has 3 aromatic rings. The van der Waals surface area contributed by atoms with Gasteiger partial charge < -0.3 is 14.8 Å². The Labute approximate surface area is 158 Å². The van der Waals surface area contributed by atoms with E-state index in [1.54, 1.807) is 0 Å². The normalized spacial score (nSPS) is 15.6. The number of rotatable bonds is 2. The van der Waals surface area contributed by atoms with Crippen molar-refractivity contribution in [2.24, 2.45) is 0 Å². The molecule has 0 amide bonds. The Morgan fingerprint density at radius 3 is 2.63 bits per heavy atom. The van der Waals surface area contributed by atoms with E-state index in [0.29, 0.717) is 13.2 Å². The van der Waals surface area contributed by atoms with Crippen LogP contribution in [-0.4, -0.2) is 29.5 Å². The van der Waals surface area contributed by atoms with Crippen molar-refractivity contribution in [3.8, 4) is 28.4 Å². The molecule has 5 heteroatoms. The van der Waals surface area contributed by atoms with Gasteiger partial charge in [-0.2, -0.15) is 5.10 Å². The molecule has 0 fully saturated rings. The maximum Gasteiger partial charge on any atom is 0.163 e. The van der Waals surface area contributed by atoms with Gasteiger partial charge in [-0.25, -0.2) is 4.68 Å². The highest BCUT2D eigenvalue weighted by atomic mass is 16.6. The minimum atomic E-state index is 0.584. The number of anilines is 1. The minimum absolute atomic E-state index is 0.584. The fraction of sp³-hybridized carbons (Fsp3) is 0.318. The van der Waals surface area contributed by atoms with Gasteiger partial charge in [0.2, 0.25) is 0 Å². The molecule has 0 aliphatic carbocycles. The van der Waals surface area contributed by atoms with E-state index in [1.165, 1.54) is 24.0 Å². The lowest BCUT2D eigenvalue weighted by Gasteiger charge is -2.19. The summed E-state index contributed by atoms with van der Waals surface area (Å²) in [6.07, 6.45) is 3.38. The van der Waals surface area contributed by atoms with Crippen LogP contribution in [0.2, 0.25) is 0 Å². The monoisotopic (exact) mass is 361 g/mol. The van der Waals surface area contributed by atoms with Gasteiger partial charge in [-0.3, -0.25) is 0 Å². The number of aryl methyl sites for hydroxylation is 1. The number of ether oxygens (including phenoxy) is 2. The van der Waals surface area contributed by atoms with Crippen LogP contribution >= 0.6 is 0 Å². The summed E-state index contributed by atoms with van der Waals surface area (Å²) in [5.41, 5.74) is 5.77. The zero-order valence-electron chi connectivity index (χ0n) is 15.5. The van der Waals surface area contributed by atoms with Gasteiger partial charge in [-0.05, 0) is 38.3 Å². The van der Waals surface area contributed by atoms with E-state index in [9.17, 15) is 0 Å². The van der Waals surface area contributed by atoms with E-state index in [0.717, 1.165) is 47.2 Å². The maximum absolute atomic E-state index is 5.77. The lowest BCUT2D eigenvalue weighted by molar-refractivity contribution is 0.171. The van der Waals surface area contributed by atoms with E-state index in [2.05, 4.69) is 36.5 Å². The number of nitrogens with one attached hydrogen (secondary N) is 1. The molecule has 3 heterocycles. The first-order chi connectivity index (χ1) is 13.3. The van der Waals surface area contributed by atoms with Crippen LogP contribution < -0.4 is 14.8 Å². The van der Waals surface area contributed by atoms with Gasteiger partial charge in [0.25, 0.3) is 0 Å². The second-order valence-corrected chi connectivity index (χ2v) is 7.17. The first kappa shape index (κ1) is 16.2. The molecule has 5 nitrogen and oxygen atoms in total. The summed E-state index contributed by atoms with van der Waals surface area (Å²) in [6, 6.07) is 14.7. The lowest BCUT2D eigenvalue weighted by atomic mass is 10.0. The van der Waals surface area contributed by atoms with Crippen LogP contribution in [0.4, 0.5) is 5.82 Å². The standard InChI is InChI=1S/C22H23N3O2/c1-15-5-7-16(8-6-15)21-18-4-2-3-11-23-22(18)25(24-21)17-9-10-19-20(14-17)27-13-12-26-19/h5-10,14,23H,2-4,11-13H2,1H3. The zero-order chi connectivity index (χ0) is 18.2. The average molecular weight is 361 g/mol. The largest absolute Gasteiger partial charge is 0.486 e. The van der Waals surface area contributed by atoms with Gasteiger partial charge in [-0.15, -0.1) is 0 Å². The summed E-state index contributed by atoms with van der Waals surface area (Å²) in [5.74, 6) is 2.68. The van der Waals surface area contributed by atoms with Crippen molar-refractivity contribution in [2.75, 3.05) is 25.1 Å². The van der Waals surface area contributed by atoms with Crippen molar-refractivity contribution in [3.05, 3.63) is 53.6 Å². The Morgan fingerprint density at radius 2 is 1.78 bits per heavy atom. The minimum Gasteiger partial charge on any atom is -0.486 e. The van der Waals surface area contributed by atoms with Crippen LogP contribution in [-0.2, 0) is 6.42 Å². The number of hydrogen-bond acceptors (Lipinski definition) is 4. The Morgan fingerprint density at radius 1 is 0.963 bits per heavy atom. The van der Waals surface area contributed by atoms with Gasteiger partial charge in [0.1, 0.15) is 19.0 Å². The molecule has 0 saturated heterocycles. The van der Waals surface area contributed by atoms with Crippen molar-refractivity contribution < 1.29 is 9.47 Å². The smallest absolute Gasteiger partial charge is 0.163 e. The molecule has 0 spiro atoms. The SMILES string of the molecule is Cc1ccc(-c2nn(-c3ccc4c(c3)OCCO4)c3c2CCCCN3)cc1. The zero-order valence-corrected chi connectivity index (χ0v) is 15.5. The first-order valence-electron chi connectivity index (χ1n) is 9.62. The molecular formula is C22H23N3O2. The third-order valence-corrected chi connectivity index (χ3v) is 5.22. The van der Waals surface area contributed by atoms with E-state index in [-0.39, 0.29) is 0 Å². The predicted octanol–water partition coefficient (Wildman–Crippen LogP) is 4.37. The van der Waals surface area contributed by atoms with Crippen molar-refractivity contribution in [1.29, 1.82) is 0 Å². The molecule has 1 N–H and O–H groups in total. The molecular weight excluding hydrogens is 338 g/mol. The second-order valence-electron chi connectivity index (χ2n) is 7.17. The lowest BCUT2D eigenvalue weighted by Crippen LogP contribution is -2.15. The van der Waals surface area contributed by atoms with Gasteiger partial charge in [0.15, 0.2) is 11.5 Å². The van der Waals surface area contributed by atoms with Gasteiger partial charge in [0.05, 0.1) is 11.4 Å². The van der Waals surface area contributed by atoms with E-state index >= 15 is 0 Å². The molecule has 27 heavy (non-hydrogen) atoms. The van der Waals surface area contributed by atoms with Gasteiger partial charge >= 0.3 is 0 Å². The van der Waals surface area contributed by atoms with Crippen molar-refractivity contribution >= 4 is 5.82 Å². The molecule has 0 saturated carbocycles. The van der Waals surface area contributed by atoms with Crippen molar-refractivity contribution in [3.63, 3.8) is 0 Å². The Kier molecular flexibility index (Phi) is 4.00. The van der Waals surface area contributed by atoms with Crippen LogP contribution in [0.15, 0.2) is 42.5 Å². The summed E-state index contributed by atoms with van der Waals surface area (Å²) < 4.78 is 13.5. The molecule has 1 aromatic heterocycles. The summed E-state index contributed by atoms with van der Waals surface area (Å²) in [7, 11) is 0. The molecule has 5 rings (SSSR count). The van der Waals surface area contributed by atoms with Gasteiger partial charge in [-0.1, -0.05) is 29.8 Å². The summed E-state index contributed by atoms with van der Waals surface area (Å²) >= 11 is 0. The average Bonchev–Trinajstić information content (AvgIpc) is 2.89. The molecule has 138 valence electrons. The molecule has 2 aromatic carbocycles. The predicted molar refractivity (Wildman–Crippen MR) is 106 cm³/mol. The van der Waals surface area contributed by atoms with Crippen molar-refractivity contribution in [1.82, 2.24) is 9.78 Å². The van der Waals surface area contributed by atoms with E-state index in [1.807, 2.05) is 22.9 Å². The molecule has 2 aliphatic heterocycles. The topological polar surface area (TPSA) is 48.3 Å². The summed E-state index contributed by atoms with van der Waals surface area (Å²) in [6.45, 7) is 4.26. The summed E-state index contributed by atoms with van der Waals surface area (Å²) in [4.78, 5) is 0. The Bertz CT molecular complexity index is 976. The number of nitrogens with zero attached hydrogens (tertiary/aromatic N) is 2. The maximum atomic E-state index is 5.77. The number of hydrogen-bond donors (Lipinski definition) is 1. The van der Waals surface area contributed by atoms with E-state index in [4.69, 9.17) is 14.6 Å². The van der Waals surface area contributed by atoms with Crippen LogP contribution in [0.25, 0.3) is 16.9 Å². The second kappa shape index (κ2) is 6.65. The molecule has 0 radical (unpaired) electrons. The highest BCUT2D eigenvalue weighted by Crippen LogP contribution is 2.37. The highest BCUT2D eigenvalue weighted by Gasteiger charge is 2.22. The molecule has 0 atom stereocenters. The number of aromatic nitrogens is 2. The molecule has 2 aliphatic rings. The first-order valence-corrected chi connectivity index (χ1v) is 9.62. The fourth-order valence-corrected chi connectivity index (χ4v) is 3.80.